The molecule has 2 aromatic rings. The maximum absolute atomic E-state index is 12.0. The van der Waals surface area contributed by atoms with Crippen molar-refractivity contribution in [1.29, 1.82) is 0 Å². The molecule has 1 saturated heterocycles. The minimum atomic E-state index is -0.138. The van der Waals surface area contributed by atoms with Crippen LogP contribution in [0.25, 0.3) is 6.08 Å². The summed E-state index contributed by atoms with van der Waals surface area (Å²) in [6, 6.07) is 15.6. The fourth-order valence-electron chi connectivity index (χ4n) is 2.53. The Balaban J connectivity index is 1.52. The molecule has 6 heteroatoms. The molecule has 3 N–H and O–H groups in total. The predicted molar refractivity (Wildman–Crippen MR) is 100 cm³/mol. The van der Waals surface area contributed by atoms with Crippen LogP contribution in [0, 0.1) is 0 Å². The Morgan fingerprint density at radius 1 is 1.12 bits per heavy atom. The highest BCUT2D eigenvalue weighted by Gasteiger charge is 2.25. The molecular formula is C18H17BrClN3O. The Labute approximate surface area is 154 Å². The topological polar surface area (TPSA) is 53.2 Å². The summed E-state index contributed by atoms with van der Waals surface area (Å²) in [5.41, 5.74) is 8.43. The lowest BCUT2D eigenvalue weighted by molar-refractivity contribution is -0.117. The van der Waals surface area contributed by atoms with E-state index in [1.165, 1.54) is 11.6 Å². The predicted octanol–water partition coefficient (Wildman–Crippen LogP) is 3.80. The van der Waals surface area contributed by atoms with Gasteiger partial charge in [0.25, 0.3) is 0 Å². The van der Waals surface area contributed by atoms with Crippen molar-refractivity contribution in [3.8, 4) is 0 Å². The van der Waals surface area contributed by atoms with E-state index in [9.17, 15) is 4.79 Å². The zero-order valence-corrected chi connectivity index (χ0v) is 15.1. The molecule has 0 aliphatic carbocycles. The average molecular weight is 407 g/mol. The van der Waals surface area contributed by atoms with Gasteiger partial charge in [-0.3, -0.25) is 4.79 Å². The first-order chi connectivity index (χ1) is 11.6. The molecule has 2 aromatic carbocycles. The number of benzene rings is 2. The molecule has 124 valence electrons. The van der Waals surface area contributed by atoms with E-state index >= 15 is 0 Å². The fourth-order valence-corrected chi connectivity index (χ4v) is 2.92. The van der Waals surface area contributed by atoms with Crippen molar-refractivity contribution < 1.29 is 4.79 Å². The summed E-state index contributed by atoms with van der Waals surface area (Å²) in [7, 11) is 0. The van der Waals surface area contributed by atoms with E-state index in [2.05, 4.69) is 44.2 Å². The molecular weight excluding hydrogens is 390 g/mol. The maximum atomic E-state index is 12.0. The monoisotopic (exact) mass is 405 g/mol. The van der Waals surface area contributed by atoms with Crippen molar-refractivity contribution in [2.24, 2.45) is 0 Å². The number of hydrazine groups is 1. The summed E-state index contributed by atoms with van der Waals surface area (Å²) in [4.78, 5) is 12.0. The lowest BCUT2D eigenvalue weighted by Crippen LogP contribution is -2.43. The van der Waals surface area contributed by atoms with Crippen molar-refractivity contribution in [2.45, 2.75) is 18.6 Å². The summed E-state index contributed by atoms with van der Waals surface area (Å²) >= 11 is 9.27. The number of amides is 1. The second-order valence-electron chi connectivity index (χ2n) is 5.57. The van der Waals surface area contributed by atoms with Crippen LogP contribution in [0.2, 0.25) is 5.02 Å². The highest BCUT2D eigenvalue weighted by atomic mass is 79.9. The Morgan fingerprint density at radius 3 is 2.54 bits per heavy atom. The molecule has 0 spiro atoms. The van der Waals surface area contributed by atoms with Crippen molar-refractivity contribution in [1.82, 2.24) is 16.2 Å². The SMILES string of the molecule is O=C(/C=C/c1ccc(Cl)cc1)NC1CC(c2ccc(Br)cc2)NN1. The van der Waals surface area contributed by atoms with Gasteiger partial charge in [0.1, 0.15) is 0 Å². The van der Waals surface area contributed by atoms with Crippen molar-refractivity contribution in [3.63, 3.8) is 0 Å². The third-order valence-corrected chi connectivity index (χ3v) is 4.57. The third kappa shape index (κ3) is 4.68. The Hall–Kier alpha value is -1.66. The van der Waals surface area contributed by atoms with Crippen LogP contribution in [-0.4, -0.2) is 12.1 Å². The van der Waals surface area contributed by atoms with Crippen molar-refractivity contribution in [2.75, 3.05) is 0 Å². The van der Waals surface area contributed by atoms with E-state index in [1.807, 2.05) is 24.3 Å². The first-order valence-corrected chi connectivity index (χ1v) is 8.78. The van der Waals surface area contributed by atoms with E-state index in [1.54, 1.807) is 18.2 Å². The van der Waals surface area contributed by atoms with Gasteiger partial charge in [0.05, 0.1) is 6.17 Å². The van der Waals surface area contributed by atoms with Crippen LogP contribution in [0.5, 0.6) is 0 Å². The zero-order chi connectivity index (χ0) is 16.9. The van der Waals surface area contributed by atoms with Gasteiger partial charge in [-0.15, -0.1) is 0 Å². The second kappa shape index (κ2) is 7.94. The number of carbonyl (C=O) groups excluding carboxylic acids is 1. The molecule has 2 atom stereocenters. The zero-order valence-electron chi connectivity index (χ0n) is 12.8. The fraction of sp³-hybridized carbons (Fsp3) is 0.167. The number of carbonyl (C=O) groups is 1. The second-order valence-corrected chi connectivity index (χ2v) is 6.93. The van der Waals surface area contributed by atoms with Gasteiger partial charge < -0.3 is 5.32 Å². The Kier molecular flexibility index (Phi) is 5.68. The molecule has 1 amide bonds. The Bertz CT molecular complexity index is 731. The maximum Gasteiger partial charge on any atom is 0.245 e. The molecule has 0 aromatic heterocycles. The minimum absolute atomic E-state index is 0.110. The van der Waals surface area contributed by atoms with Crippen molar-refractivity contribution in [3.05, 3.63) is 75.2 Å². The van der Waals surface area contributed by atoms with Gasteiger partial charge >= 0.3 is 0 Å². The molecule has 2 unspecified atom stereocenters. The summed E-state index contributed by atoms with van der Waals surface area (Å²) in [6.45, 7) is 0. The first-order valence-electron chi connectivity index (χ1n) is 7.61. The van der Waals surface area contributed by atoms with Gasteiger partial charge in [-0.25, -0.2) is 10.9 Å². The summed E-state index contributed by atoms with van der Waals surface area (Å²) < 4.78 is 1.05. The number of hydrogen-bond acceptors (Lipinski definition) is 3. The van der Waals surface area contributed by atoms with E-state index in [-0.39, 0.29) is 18.1 Å². The quantitative estimate of drug-likeness (QED) is 0.677. The highest BCUT2D eigenvalue weighted by molar-refractivity contribution is 9.10. The van der Waals surface area contributed by atoms with Crippen LogP contribution in [0.1, 0.15) is 23.6 Å². The normalized spacial score (nSPS) is 20.4. The number of nitrogens with one attached hydrogen (secondary N) is 3. The van der Waals surface area contributed by atoms with Gasteiger partial charge in [0.2, 0.25) is 5.91 Å². The minimum Gasteiger partial charge on any atom is -0.336 e. The number of hydrogen-bond donors (Lipinski definition) is 3. The molecule has 1 aliphatic rings. The third-order valence-electron chi connectivity index (χ3n) is 3.79. The van der Waals surface area contributed by atoms with Crippen LogP contribution in [0.15, 0.2) is 59.1 Å². The Morgan fingerprint density at radius 2 is 1.83 bits per heavy atom. The molecule has 1 heterocycles. The number of rotatable bonds is 4. The van der Waals surface area contributed by atoms with E-state index in [0.29, 0.717) is 5.02 Å². The number of halogens is 2. The molecule has 0 bridgehead atoms. The van der Waals surface area contributed by atoms with Gasteiger partial charge in [0.15, 0.2) is 0 Å². The van der Waals surface area contributed by atoms with Crippen LogP contribution in [0.4, 0.5) is 0 Å². The highest BCUT2D eigenvalue weighted by Crippen LogP contribution is 2.23. The molecule has 4 nitrogen and oxygen atoms in total. The van der Waals surface area contributed by atoms with E-state index in [4.69, 9.17) is 11.6 Å². The standard InChI is InChI=1S/C18H17BrClN3O/c19-14-6-4-13(5-7-14)16-11-17(23-22-16)21-18(24)10-3-12-1-8-15(20)9-2-12/h1-10,16-17,22-23H,11H2,(H,21,24)/b10-3+. The molecule has 3 rings (SSSR count). The van der Waals surface area contributed by atoms with Crippen LogP contribution in [-0.2, 0) is 4.79 Å². The van der Waals surface area contributed by atoms with Gasteiger partial charge in [-0.05, 0) is 41.5 Å². The molecule has 0 radical (unpaired) electrons. The van der Waals surface area contributed by atoms with Gasteiger partial charge in [-0.1, -0.05) is 51.8 Å². The summed E-state index contributed by atoms with van der Waals surface area (Å²) in [6.07, 6.45) is 3.96. The van der Waals surface area contributed by atoms with Crippen LogP contribution >= 0.6 is 27.5 Å². The van der Waals surface area contributed by atoms with E-state index < -0.39 is 0 Å². The smallest absolute Gasteiger partial charge is 0.245 e. The van der Waals surface area contributed by atoms with Gasteiger partial charge in [0, 0.05) is 28.0 Å². The van der Waals surface area contributed by atoms with Crippen LogP contribution < -0.4 is 16.2 Å². The lowest BCUT2D eigenvalue weighted by Gasteiger charge is -2.10. The first kappa shape index (κ1) is 17.2. The molecule has 1 fully saturated rings. The molecule has 24 heavy (non-hydrogen) atoms. The lowest BCUT2D eigenvalue weighted by atomic mass is 10.0. The summed E-state index contributed by atoms with van der Waals surface area (Å²) in [5.74, 6) is -0.138. The largest absolute Gasteiger partial charge is 0.336 e. The molecule has 1 aliphatic heterocycles. The molecule has 0 saturated carbocycles. The summed E-state index contributed by atoms with van der Waals surface area (Å²) in [5, 5.41) is 3.61. The average Bonchev–Trinajstić information content (AvgIpc) is 3.03. The van der Waals surface area contributed by atoms with Crippen molar-refractivity contribution >= 4 is 39.5 Å². The van der Waals surface area contributed by atoms with Gasteiger partial charge in [-0.2, -0.15) is 0 Å². The van der Waals surface area contributed by atoms with Crippen LogP contribution in [0.3, 0.4) is 0 Å². The van der Waals surface area contributed by atoms with E-state index in [0.717, 1.165) is 16.5 Å².